The molecular formula is C29H40FN3O2S. The van der Waals surface area contributed by atoms with Crippen molar-refractivity contribution >= 4 is 23.2 Å². The van der Waals surface area contributed by atoms with Crippen molar-refractivity contribution in [3.8, 4) is 0 Å². The zero-order valence-electron chi connectivity index (χ0n) is 21.9. The molecule has 0 bridgehead atoms. The maximum atomic E-state index is 14.1. The molecule has 36 heavy (non-hydrogen) atoms. The van der Waals surface area contributed by atoms with Crippen molar-refractivity contribution < 1.29 is 14.0 Å². The highest BCUT2D eigenvalue weighted by Crippen LogP contribution is 2.38. The number of benzene rings is 1. The van der Waals surface area contributed by atoms with Gasteiger partial charge in [0, 0.05) is 56.0 Å². The Morgan fingerprint density at radius 1 is 1.17 bits per heavy atom. The first-order valence-corrected chi connectivity index (χ1v) is 14.4. The number of carbonyl (C=O) groups excluding carboxylic acids is 2. The Morgan fingerprint density at radius 3 is 2.72 bits per heavy atom. The minimum atomic E-state index is -0.229. The van der Waals surface area contributed by atoms with Crippen LogP contribution < -0.4 is 0 Å². The summed E-state index contributed by atoms with van der Waals surface area (Å²) in [6, 6.07) is 9.01. The Kier molecular flexibility index (Phi) is 9.18. The van der Waals surface area contributed by atoms with Gasteiger partial charge in [-0.3, -0.25) is 14.5 Å². The second-order valence-corrected chi connectivity index (χ2v) is 11.3. The highest BCUT2D eigenvalue weighted by atomic mass is 32.1. The lowest BCUT2D eigenvalue weighted by Gasteiger charge is -2.42. The van der Waals surface area contributed by atoms with Crippen LogP contribution in [0.25, 0.3) is 0 Å². The molecule has 5 nitrogen and oxygen atoms in total. The van der Waals surface area contributed by atoms with Crippen LogP contribution in [0.3, 0.4) is 0 Å². The Balaban J connectivity index is 1.36. The van der Waals surface area contributed by atoms with E-state index in [4.69, 9.17) is 0 Å². The van der Waals surface area contributed by atoms with Gasteiger partial charge >= 0.3 is 0 Å². The first kappa shape index (κ1) is 26.8. The summed E-state index contributed by atoms with van der Waals surface area (Å²) < 4.78 is 14.1. The number of amides is 2. The van der Waals surface area contributed by atoms with Crippen LogP contribution in [0.1, 0.15) is 74.9 Å². The van der Waals surface area contributed by atoms with Gasteiger partial charge in [0.2, 0.25) is 11.8 Å². The summed E-state index contributed by atoms with van der Waals surface area (Å²) in [4.78, 5) is 33.9. The van der Waals surface area contributed by atoms with E-state index in [2.05, 4.69) is 37.1 Å². The predicted octanol–water partition coefficient (Wildman–Crippen LogP) is 5.50. The first-order valence-electron chi connectivity index (χ1n) is 13.6. The van der Waals surface area contributed by atoms with E-state index in [9.17, 15) is 14.0 Å². The summed E-state index contributed by atoms with van der Waals surface area (Å²) in [5, 5.41) is 2.11. The van der Waals surface area contributed by atoms with Crippen molar-refractivity contribution in [1.82, 2.24) is 14.7 Å². The van der Waals surface area contributed by atoms with Crippen molar-refractivity contribution in [3.05, 3.63) is 57.5 Å². The molecule has 7 heteroatoms. The summed E-state index contributed by atoms with van der Waals surface area (Å²) in [6.45, 7) is 9.62. The van der Waals surface area contributed by atoms with Gasteiger partial charge in [-0.15, -0.1) is 11.3 Å². The number of fused-ring (bicyclic) bond motifs is 1. The van der Waals surface area contributed by atoms with Gasteiger partial charge < -0.3 is 9.80 Å². The van der Waals surface area contributed by atoms with Gasteiger partial charge in [-0.05, 0) is 60.9 Å². The normalized spacial score (nSPS) is 21.3. The molecule has 4 rings (SSSR count). The van der Waals surface area contributed by atoms with Crippen LogP contribution in [0.2, 0.25) is 0 Å². The lowest BCUT2D eigenvalue weighted by molar-refractivity contribution is -0.145. The Morgan fingerprint density at radius 2 is 2.00 bits per heavy atom. The van der Waals surface area contributed by atoms with Crippen LogP contribution in [0, 0.1) is 11.7 Å². The molecule has 0 aliphatic carbocycles. The van der Waals surface area contributed by atoms with Gasteiger partial charge in [0.15, 0.2) is 0 Å². The molecule has 2 amide bonds. The fourth-order valence-corrected chi connectivity index (χ4v) is 6.68. The molecule has 0 radical (unpaired) electrons. The summed E-state index contributed by atoms with van der Waals surface area (Å²) in [6.07, 6.45) is 5.40. The zero-order valence-corrected chi connectivity index (χ0v) is 22.7. The number of hydrogen-bond donors (Lipinski definition) is 0. The number of halogens is 1. The molecule has 2 aliphatic heterocycles. The fraction of sp³-hybridized carbons (Fsp3) is 0.586. The highest BCUT2D eigenvalue weighted by molar-refractivity contribution is 7.10. The van der Waals surface area contributed by atoms with Crippen LogP contribution in [-0.4, -0.2) is 65.3 Å². The lowest BCUT2D eigenvalue weighted by atomic mass is 9.93. The molecule has 3 heterocycles. The number of piperazine rings is 1. The van der Waals surface area contributed by atoms with Crippen LogP contribution >= 0.6 is 11.3 Å². The molecule has 196 valence electrons. The van der Waals surface area contributed by atoms with E-state index >= 15 is 0 Å². The molecule has 1 saturated heterocycles. The van der Waals surface area contributed by atoms with Gasteiger partial charge in [-0.2, -0.15) is 0 Å². The van der Waals surface area contributed by atoms with E-state index in [0.717, 1.165) is 44.2 Å². The zero-order chi connectivity index (χ0) is 25.7. The third-order valence-electron chi connectivity index (χ3n) is 7.85. The van der Waals surface area contributed by atoms with Crippen LogP contribution in [0.4, 0.5) is 4.39 Å². The molecule has 2 aromatic rings. The van der Waals surface area contributed by atoms with Crippen molar-refractivity contribution in [2.45, 2.75) is 71.4 Å². The first-order chi connectivity index (χ1) is 17.4. The maximum absolute atomic E-state index is 14.1. The van der Waals surface area contributed by atoms with E-state index in [1.165, 1.54) is 16.5 Å². The molecule has 3 atom stereocenters. The number of carbonyl (C=O) groups is 2. The second-order valence-electron chi connectivity index (χ2n) is 10.3. The number of thiophene rings is 1. The number of rotatable bonds is 9. The fourth-order valence-electron chi connectivity index (χ4n) is 5.77. The number of unbranched alkanes of at least 4 members (excludes halogenated alkanes) is 1. The summed E-state index contributed by atoms with van der Waals surface area (Å²) in [5.74, 6) is 0.257. The molecule has 1 fully saturated rings. The Hall–Kier alpha value is -2.25. The molecule has 0 N–H and O–H groups in total. The molecule has 1 aromatic carbocycles. The quantitative estimate of drug-likeness (QED) is 0.445. The number of hydrogen-bond acceptors (Lipinski definition) is 4. The van der Waals surface area contributed by atoms with Crippen molar-refractivity contribution in [2.24, 2.45) is 5.92 Å². The third kappa shape index (κ3) is 6.00. The predicted molar refractivity (Wildman–Crippen MR) is 144 cm³/mol. The molecule has 0 spiro atoms. The highest BCUT2D eigenvalue weighted by Gasteiger charge is 2.34. The van der Waals surface area contributed by atoms with Crippen molar-refractivity contribution in [1.29, 1.82) is 0 Å². The Bertz CT molecular complexity index is 1040. The average Bonchev–Trinajstić information content (AvgIpc) is 3.36. The van der Waals surface area contributed by atoms with E-state index in [1.54, 1.807) is 23.5 Å². The van der Waals surface area contributed by atoms with Crippen LogP contribution in [0.5, 0.6) is 0 Å². The molecule has 1 aromatic heterocycles. The Labute approximate surface area is 219 Å². The maximum Gasteiger partial charge on any atom is 0.226 e. The number of nitrogens with zero attached hydrogens (tertiary/aromatic N) is 3. The SMILES string of the molecule is CCCCC(CC)C(=O)N1CCN(C(=O)CCN2CCc3sccc3C2c2cccc(F)c2)CC1C. The minimum Gasteiger partial charge on any atom is -0.339 e. The van der Waals surface area contributed by atoms with E-state index in [-0.39, 0.29) is 35.6 Å². The molecule has 0 saturated carbocycles. The van der Waals surface area contributed by atoms with Crippen molar-refractivity contribution in [3.63, 3.8) is 0 Å². The standard InChI is InChI=1S/C29H40FN3O2S/c1-4-6-8-22(5-2)29(35)33-17-16-32(20-21(33)3)27(34)12-15-31-14-11-26-25(13-18-36-26)28(31)23-9-7-10-24(30)19-23/h7,9-10,13,18-19,21-22,28H,4-6,8,11-12,14-17,20H2,1-3H3. The lowest BCUT2D eigenvalue weighted by Crippen LogP contribution is -2.56. The van der Waals surface area contributed by atoms with E-state index < -0.39 is 0 Å². The van der Waals surface area contributed by atoms with Gasteiger partial charge in [0.05, 0.1) is 6.04 Å². The van der Waals surface area contributed by atoms with Gasteiger partial charge in [-0.25, -0.2) is 4.39 Å². The van der Waals surface area contributed by atoms with E-state index in [0.29, 0.717) is 32.6 Å². The summed E-state index contributed by atoms with van der Waals surface area (Å²) in [5.41, 5.74) is 2.18. The van der Waals surface area contributed by atoms with Gasteiger partial charge in [-0.1, -0.05) is 38.8 Å². The van der Waals surface area contributed by atoms with Gasteiger partial charge in [0.25, 0.3) is 0 Å². The molecular weight excluding hydrogens is 473 g/mol. The molecule has 2 aliphatic rings. The summed E-state index contributed by atoms with van der Waals surface area (Å²) >= 11 is 1.76. The molecule has 3 unspecified atom stereocenters. The summed E-state index contributed by atoms with van der Waals surface area (Å²) in [7, 11) is 0. The second kappa shape index (κ2) is 12.3. The van der Waals surface area contributed by atoms with Crippen molar-refractivity contribution in [2.75, 3.05) is 32.7 Å². The van der Waals surface area contributed by atoms with Gasteiger partial charge in [0.1, 0.15) is 5.82 Å². The largest absolute Gasteiger partial charge is 0.339 e. The average molecular weight is 514 g/mol. The topological polar surface area (TPSA) is 43.9 Å². The monoisotopic (exact) mass is 513 g/mol. The van der Waals surface area contributed by atoms with E-state index in [1.807, 2.05) is 15.9 Å². The third-order valence-corrected chi connectivity index (χ3v) is 8.85. The minimum absolute atomic E-state index is 0.0222. The van der Waals surface area contributed by atoms with Crippen LogP contribution in [0.15, 0.2) is 35.7 Å². The van der Waals surface area contributed by atoms with Crippen LogP contribution in [-0.2, 0) is 16.0 Å². The smallest absolute Gasteiger partial charge is 0.226 e.